The number of allylic oxidation sites excluding steroid dienone is 10. The standard InChI is InChI=1S/C23H33IO2/c1-2-3-4-5-6-7-8-9-10-11-12-13-14-15-16-17-18-21(24)22-19-20-23(25)26-22/h3-4,6-7,9-10,12-13,15-16,21-22H,2,5,8,11,14,17-20H2,1H3/b4-3-,7-6-,10-9-,13-12-,16-15-. The molecule has 26 heavy (non-hydrogen) atoms. The van der Waals surface area contributed by atoms with Gasteiger partial charge in [-0.25, -0.2) is 0 Å². The summed E-state index contributed by atoms with van der Waals surface area (Å²) < 4.78 is 5.74. The summed E-state index contributed by atoms with van der Waals surface area (Å²) in [6.07, 6.45) is 31.1. The van der Waals surface area contributed by atoms with E-state index in [0.717, 1.165) is 51.4 Å². The monoisotopic (exact) mass is 468 g/mol. The summed E-state index contributed by atoms with van der Waals surface area (Å²) in [6, 6.07) is 0. The molecule has 144 valence electrons. The lowest BCUT2D eigenvalue weighted by Gasteiger charge is -2.15. The Balaban J connectivity index is 1.98. The zero-order chi connectivity index (χ0) is 18.9. The molecule has 0 N–H and O–H groups in total. The van der Waals surface area contributed by atoms with E-state index in [1.165, 1.54) is 0 Å². The fourth-order valence-electron chi connectivity index (χ4n) is 2.61. The molecule has 0 spiro atoms. The van der Waals surface area contributed by atoms with Crippen molar-refractivity contribution in [1.82, 2.24) is 0 Å². The Morgan fingerprint density at radius 3 is 1.88 bits per heavy atom. The molecule has 0 aromatic rings. The first kappa shape index (κ1) is 22.9. The molecule has 0 amide bonds. The molecule has 2 atom stereocenters. The summed E-state index contributed by atoms with van der Waals surface area (Å²) in [7, 11) is 0. The fraction of sp³-hybridized carbons (Fsp3) is 0.522. The molecule has 1 heterocycles. The number of carbonyl (C=O) groups is 1. The summed E-state index contributed by atoms with van der Waals surface area (Å²) in [6.45, 7) is 2.16. The van der Waals surface area contributed by atoms with Gasteiger partial charge in [0.25, 0.3) is 0 Å². The van der Waals surface area contributed by atoms with Crippen LogP contribution in [0.5, 0.6) is 0 Å². The number of alkyl halides is 1. The lowest BCUT2D eigenvalue weighted by atomic mass is 10.1. The molecule has 1 aliphatic heterocycles. The summed E-state index contributed by atoms with van der Waals surface area (Å²) in [5, 5.41) is 0. The van der Waals surface area contributed by atoms with Crippen molar-refractivity contribution in [2.24, 2.45) is 0 Å². The summed E-state index contributed by atoms with van der Waals surface area (Å²) in [4.78, 5) is 11.1. The Hall–Kier alpha value is -1.10. The van der Waals surface area contributed by atoms with E-state index in [-0.39, 0.29) is 12.1 Å². The highest BCUT2D eigenvalue weighted by molar-refractivity contribution is 14.1. The number of esters is 1. The van der Waals surface area contributed by atoms with Gasteiger partial charge in [-0.3, -0.25) is 4.79 Å². The number of hydrogen-bond acceptors (Lipinski definition) is 2. The van der Waals surface area contributed by atoms with E-state index in [2.05, 4.69) is 90.3 Å². The van der Waals surface area contributed by atoms with Gasteiger partial charge in [0.2, 0.25) is 0 Å². The number of ether oxygens (including phenoxy) is 1. The fourth-order valence-corrected chi connectivity index (χ4v) is 3.48. The summed E-state index contributed by atoms with van der Waals surface area (Å²) >= 11 is 2.41. The number of rotatable bonds is 13. The van der Waals surface area contributed by atoms with Crippen LogP contribution in [0.2, 0.25) is 0 Å². The molecule has 0 aromatic heterocycles. The first-order chi connectivity index (χ1) is 12.7. The molecule has 2 nitrogen and oxygen atoms in total. The Bertz CT molecular complexity index is 514. The minimum atomic E-state index is -0.0356. The highest BCUT2D eigenvalue weighted by atomic mass is 127. The van der Waals surface area contributed by atoms with Gasteiger partial charge < -0.3 is 4.74 Å². The quantitative estimate of drug-likeness (QED) is 0.126. The maximum absolute atomic E-state index is 11.1. The van der Waals surface area contributed by atoms with Crippen molar-refractivity contribution in [2.75, 3.05) is 0 Å². The second kappa shape index (κ2) is 16.1. The van der Waals surface area contributed by atoms with Crippen LogP contribution >= 0.6 is 22.6 Å². The van der Waals surface area contributed by atoms with Crippen LogP contribution in [0.4, 0.5) is 0 Å². The van der Waals surface area contributed by atoms with Crippen LogP contribution in [-0.4, -0.2) is 16.0 Å². The predicted molar refractivity (Wildman–Crippen MR) is 121 cm³/mol. The van der Waals surface area contributed by atoms with Gasteiger partial charge in [-0.1, -0.05) is 90.3 Å². The average Bonchev–Trinajstić information content (AvgIpc) is 3.07. The largest absolute Gasteiger partial charge is 0.461 e. The van der Waals surface area contributed by atoms with Crippen LogP contribution in [0.1, 0.15) is 64.7 Å². The van der Waals surface area contributed by atoms with Gasteiger partial charge in [0.15, 0.2) is 0 Å². The normalized spacial score (nSPS) is 19.8. The van der Waals surface area contributed by atoms with Crippen molar-refractivity contribution < 1.29 is 9.53 Å². The number of carbonyl (C=O) groups excluding carboxylic acids is 1. The average molecular weight is 468 g/mol. The zero-order valence-electron chi connectivity index (χ0n) is 16.0. The van der Waals surface area contributed by atoms with Crippen LogP contribution in [0.15, 0.2) is 60.8 Å². The van der Waals surface area contributed by atoms with E-state index in [1.807, 2.05) is 0 Å². The van der Waals surface area contributed by atoms with Crippen molar-refractivity contribution in [1.29, 1.82) is 0 Å². The molecule has 0 aliphatic carbocycles. The van der Waals surface area contributed by atoms with Crippen molar-refractivity contribution >= 4 is 28.6 Å². The Morgan fingerprint density at radius 2 is 1.42 bits per heavy atom. The first-order valence-electron chi connectivity index (χ1n) is 9.82. The van der Waals surface area contributed by atoms with Gasteiger partial charge in [0.05, 0.1) is 0 Å². The zero-order valence-corrected chi connectivity index (χ0v) is 18.1. The van der Waals surface area contributed by atoms with E-state index in [9.17, 15) is 4.79 Å². The molecule has 0 radical (unpaired) electrons. The Labute approximate surface area is 173 Å². The number of hydrogen-bond donors (Lipinski definition) is 0. The molecule has 2 unspecified atom stereocenters. The minimum absolute atomic E-state index is 0.0356. The van der Waals surface area contributed by atoms with Gasteiger partial charge in [0, 0.05) is 10.3 Å². The molecular weight excluding hydrogens is 435 g/mol. The molecule has 1 saturated heterocycles. The summed E-state index contributed by atoms with van der Waals surface area (Å²) in [5.41, 5.74) is 0. The highest BCUT2D eigenvalue weighted by Gasteiger charge is 2.28. The van der Waals surface area contributed by atoms with E-state index in [0.29, 0.717) is 10.3 Å². The third-order valence-electron chi connectivity index (χ3n) is 4.09. The van der Waals surface area contributed by atoms with E-state index in [4.69, 9.17) is 4.74 Å². The van der Waals surface area contributed by atoms with Crippen LogP contribution in [0, 0.1) is 0 Å². The van der Waals surface area contributed by atoms with Crippen molar-refractivity contribution in [3.05, 3.63) is 60.8 Å². The van der Waals surface area contributed by atoms with Crippen molar-refractivity contribution in [2.45, 2.75) is 74.7 Å². The third-order valence-corrected chi connectivity index (χ3v) is 5.51. The predicted octanol–water partition coefficient (Wildman–Crippen LogP) is 7.03. The lowest BCUT2D eigenvalue weighted by Crippen LogP contribution is -2.19. The molecule has 0 saturated carbocycles. The van der Waals surface area contributed by atoms with Crippen LogP contribution < -0.4 is 0 Å². The Morgan fingerprint density at radius 1 is 0.923 bits per heavy atom. The molecular formula is C23H33IO2. The van der Waals surface area contributed by atoms with E-state index < -0.39 is 0 Å². The van der Waals surface area contributed by atoms with Gasteiger partial charge in [0.1, 0.15) is 6.10 Å². The molecule has 1 fully saturated rings. The molecule has 0 bridgehead atoms. The number of cyclic esters (lactones) is 1. The van der Waals surface area contributed by atoms with Crippen molar-refractivity contribution in [3.8, 4) is 0 Å². The summed E-state index contributed by atoms with van der Waals surface area (Å²) in [5.74, 6) is -0.0356. The maximum atomic E-state index is 11.1. The van der Waals surface area contributed by atoms with E-state index in [1.54, 1.807) is 0 Å². The van der Waals surface area contributed by atoms with Crippen LogP contribution in [0.25, 0.3) is 0 Å². The smallest absolute Gasteiger partial charge is 0.306 e. The van der Waals surface area contributed by atoms with Crippen LogP contribution in [0.3, 0.4) is 0 Å². The molecule has 0 aromatic carbocycles. The topological polar surface area (TPSA) is 26.3 Å². The van der Waals surface area contributed by atoms with Crippen LogP contribution in [-0.2, 0) is 9.53 Å². The Kier molecular flexibility index (Phi) is 14.2. The highest BCUT2D eigenvalue weighted by Crippen LogP contribution is 2.25. The first-order valence-corrected chi connectivity index (χ1v) is 11.1. The third kappa shape index (κ3) is 12.3. The lowest BCUT2D eigenvalue weighted by molar-refractivity contribution is -0.141. The molecule has 1 rings (SSSR count). The van der Waals surface area contributed by atoms with E-state index >= 15 is 0 Å². The molecule has 1 aliphatic rings. The van der Waals surface area contributed by atoms with Gasteiger partial charge in [-0.05, 0) is 51.4 Å². The molecule has 3 heteroatoms. The van der Waals surface area contributed by atoms with Gasteiger partial charge in [-0.2, -0.15) is 0 Å². The SMILES string of the molecule is CC/C=C\C/C=C\C/C=C\C/C=C\C/C=C\CCC(I)C1CCC(=O)O1. The van der Waals surface area contributed by atoms with Gasteiger partial charge >= 0.3 is 5.97 Å². The number of halogens is 1. The second-order valence-corrected chi connectivity index (χ2v) is 7.97. The second-order valence-electron chi connectivity index (χ2n) is 6.37. The van der Waals surface area contributed by atoms with Gasteiger partial charge in [-0.15, -0.1) is 0 Å². The van der Waals surface area contributed by atoms with Crippen molar-refractivity contribution in [3.63, 3.8) is 0 Å². The minimum Gasteiger partial charge on any atom is -0.461 e. The maximum Gasteiger partial charge on any atom is 0.306 e.